The fraction of sp³-hybridized carbons (Fsp3) is 0.400. The maximum Gasteiger partial charge on any atom is 0.163 e. The quantitative estimate of drug-likeness (QED) is 0.634. The first kappa shape index (κ1) is 9.52. The van der Waals surface area contributed by atoms with Gasteiger partial charge in [-0.1, -0.05) is 0 Å². The predicted octanol–water partition coefficient (Wildman–Crippen LogP) is 2.14. The van der Waals surface area contributed by atoms with Gasteiger partial charge < -0.3 is 5.32 Å². The van der Waals surface area contributed by atoms with E-state index in [-0.39, 0.29) is 18.2 Å². The first-order valence-electron chi connectivity index (χ1n) is 4.48. The highest BCUT2D eigenvalue weighted by Gasteiger charge is 2.23. The van der Waals surface area contributed by atoms with Crippen LogP contribution in [0.25, 0.3) is 0 Å². The Morgan fingerprint density at radius 2 is 1.93 bits per heavy atom. The summed E-state index contributed by atoms with van der Waals surface area (Å²) in [5.74, 6) is -2.69. The average Bonchev–Trinajstić information content (AvgIpc) is 2.14. The van der Waals surface area contributed by atoms with Gasteiger partial charge in [0.1, 0.15) is 5.82 Å². The molecule has 76 valence electrons. The third-order valence-electron chi connectivity index (χ3n) is 2.52. The first-order valence-corrected chi connectivity index (χ1v) is 4.48. The number of nitrogens with one attached hydrogen (secondary N) is 1. The molecule has 0 aliphatic carbocycles. The number of rotatable bonds is 0. The van der Waals surface area contributed by atoms with E-state index in [0.717, 1.165) is 0 Å². The second-order valence-corrected chi connectivity index (χ2v) is 3.60. The minimum absolute atomic E-state index is 0.0989. The highest BCUT2D eigenvalue weighted by Crippen LogP contribution is 2.24. The Balaban J connectivity index is 2.57. The topological polar surface area (TPSA) is 12.0 Å². The van der Waals surface area contributed by atoms with Crippen molar-refractivity contribution >= 4 is 0 Å². The summed E-state index contributed by atoms with van der Waals surface area (Å²) in [5, 5.41) is 2.96. The molecule has 0 fully saturated rings. The molecule has 0 spiro atoms. The van der Waals surface area contributed by atoms with Crippen LogP contribution in [-0.4, -0.2) is 6.04 Å². The van der Waals surface area contributed by atoms with Gasteiger partial charge in [0.25, 0.3) is 0 Å². The molecule has 1 heterocycles. The maximum atomic E-state index is 13.3. The highest BCUT2D eigenvalue weighted by molar-refractivity contribution is 5.33. The molecule has 0 aromatic heterocycles. The van der Waals surface area contributed by atoms with E-state index >= 15 is 0 Å². The summed E-state index contributed by atoms with van der Waals surface area (Å²) in [7, 11) is 0. The van der Waals surface area contributed by atoms with Gasteiger partial charge in [-0.2, -0.15) is 0 Å². The minimum atomic E-state index is -1.11. The molecule has 14 heavy (non-hydrogen) atoms. The van der Waals surface area contributed by atoms with Crippen molar-refractivity contribution in [3.63, 3.8) is 0 Å². The largest absolute Gasteiger partial charge is 0.310 e. The van der Waals surface area contributed by atoms with E-state index in [4.69, 9.17) is 0 Å². The number of halogens is 3. The van der Waals surface area contributed by atoms with Crippen LogP contribution in [0.3, 0.4) is 0 Å². The fourth-order valence-corrected chi connectivity index (χ4v) is 1.74. The van der Waals surface area contributed by atoms with Gasteiger partial charge in [0, 0.05) is 24.2 Å². The molecule has 1 atom stereocenters. The first-order chi connectivity index (χ1) is 6.59. The molecular weight excluding hydrogens is 191 g/mol. The zero-order valence-electron chi connectivity index (χ0n) is 7.70. The van der Waals surface area contributed by atoms with Crippen molar-refractivity contribution in [2.45, 2.75) is 25.9 Å². The minimum Gasteiger partial charge on any atom is -0.310 e. The Bertz CT molecular complexity index is 376. The summed E-state index contributed by atoms with van der Waals surface area (Å²) in [6, 6.07) is 0.716. The van der Waals surface area contributed by atoms with Crippen molar-refractivity contribution in [2.75, 3.05) is 0 Å². The normalized spacial score (nSPS) is 20.7. The molecule has 1 nitrogen and oxygen atoms in total. The van der Waals surface area contributed by atoms with Gasteiger partial charge in [-0.3, -0.25) is 0 Å². The number of hydrogen-bond acceptors (Lipinski definition) is 1. The van der Waals surface area contributed by atoms with Gasteiger partial charge >= 0.3 is 0 Å². The van der Waals surface area contributed by atoms with Gasteiger partial charge in [-0.15, -0.1) is 0 Å². The molecule has 0 amide bonds. The molecule has 4 heteroatoms. The van der Waals surface area contributed by atoms with E-state index in [1.165, 1.54) is 0 Å². The Labute approximate surface area is 79.9 Å². The standard InChI is InChI=1S/C10H10F3N/c1-5-2-6-7(4-14-5)10(13)9(12)3-8(6)11/h3,5,14H,2,4H2,1H3. The van der Waals surface area contributed by atoms with Crippen molar-refractivity contribution in [1.29, 1.82) is 0 Å². The second-order valence-electron chi connectivity index (χ2n) is 3.60. The summed E-state index contributed by atoms with van der Waals surface area (Å²) in [5.41, 5.74) is 0.427. The fourth-order valence-electron chi connectivity index (χ4n) is 1.74. The number of benzene rings is 1. The zero-order valence-corrected chi connectivity index (χ0v) is 7.70. The third kappa shape index (κ3) is 1.39. The van der Waals surface area contributed by atoms with E-state index in [9.17, 15) is 13.2 Å². The van der Waals surface area contributed by atoms with Gasteiger partial charge in [0.2, 0.25) is 0 Å². The van der Waals surface area contributed by atoms with Crippen LogP contribution in [0, 0.1) is 17.5 Å². The maximum absolute atomic E-state index is 13.3. The van der Waals surface area contributed by atoms with Gasteiger partial charge in [-0.25, -0.2) is 13.2 Å². The third-order valence-corrected chi connectivity index (χ3v) is 2.52. The molecule has 1 unspecified atom stereocenters. The van der Waals surface area contributed by atoms with Crippen LogP contribution in [0.5, 0.6) is 0 Å². The molecule has 0 radical (unpaired) electrons. The lowest BCUT2D eigenvalue weighted by Crippen LogP contribution is -2.34. The monoisotopic (exact) mass is 201 g/mol. The van der Waals surface area contributed by atoms with Crippen LogP contribution in [0.4, 0.5) is 13.2 Å². The molecule has 0 bridgehead atoms. The van der Waals surface area contributed by atoms with Gasteiger partial charge in [0.05, 0.1) is 0 Å². The summed E-state index contributed by atoms with van der Waals surface area (Å²) in [6.45, 7) is 2.07. The predicted molar refractivity (Wildman–Crippen MR) is 46.3 cm³/mol. The molecule has 1 aliphatic rings. The van der Waals surface area contributed by atoms with Crippen molar-refractivity contribution in [3.05, 3.63) is 34.6 Å². The van der Waals surface area contributed by atoms with Crippen LogP contribution in [0.2, 0.25) is 0 Å². The lowest BCUT2D eigenvalue weighted by Gasteiger charge is -2.23. The van der Waals surface area contributed by atoms with E-state index in [1.807, 2.05) is 6.92 Å². The molecule has 1 aromatic rings. The molecule has 1 N–H and O–H groups in total. The number of hydrogen-bond donors (Lipinski definition) is 1. The van der Waals surface area contributed by atoms with Crippen molar-refractivity contribution in [2.24, 2.45) is 0 Å². The lowest BCUT2D eigenvalue weighted by molar-refractivity contribution is 0.435. The van der Waals surface area contributed by atoms with Crippen LogP contribution in [0.1, 0.15) is 18.1 Å². The van der Waals surface area contributed by atoms with Gasteiger partial charge in [-0.05, 0) is 18.9 Å². The van der Waals surface area contributed by atoms with Crippen molar-refractivity contribution < 1.29 is 13.2 Å². The van der Waals surface area contributed by atoms with Crippen LogP contribution >= 0.6 is 0 Å². The molecule has 0 saturated carbocycles. The number of fused-ring (bicyclic) bond motifs is 1. The lowest BCUT2D eigenvalue weighted by atomic mass is 9.95. The molecule has 1 aromatic carbocycles. The van der Waals surface area contributed by atoms with Crippen LogP contribution in [0.15, 0.2) is 6.07 Å². The van der Waals surface area contributed by atoms with Crippen LogP contribution in [-0.2, 0) is 13.0 Å². The van der Waals surface area contributed by atoms with E-state index in [2.05, 4.69) is 5.32 Å². The highest BCUT2D eigenvalue weighted by atomic mass is 19.2. The summed E-state index contributed by atoms with van der Waals surface area (Å²) < 4.78 is 39.3. The Kier molecular flexibility index (Phi) is 2.23. The van der Waals surface area contributed by atoms with E-state index < -0.39 is 17.5 Å². The summed E-state index contributed by atoms with van der Waals surface area (Å²) in [6.07, 6.45) is 0.401. The molecular formula is C10H10F3N. The average molecular weight is 201 g/mol. The SMILES string of the molecule is CC1Cc2c(F)cc(F)c(F)c2CN1. The van der Waals surface area contributed by atoms with Gasteiger partial charge in [0.15, 0.2) is 11.6 Å². The van der Waals surface area contributed by atoms with Crippen molar-refractivity contribution in [3.8, 4) is 0 Å². The molecule has 2 rings (SSSR count). The molecule has 0 saturated heterocycles. The Morgan fingerprint density at radius 3 is 2.64 bits per heavy atom. The van der Waals surface area contributed by atoms with E-state index in [1.54, 1.807) is 0 Å². The smallest absolute Gasteiger partial charge is 0.163 e. The zero-order chi connectivity index (χ0) is 10.3. The van der Waals surface area contributed by atoms with Crippen LogP contribution < -0.4 is 5.32 Å². The Hall–Kier alpha value is -1.03. The van der Waals surface area contributed by atoms with Crippen molar-refractivity contribution in [1.82, 2.24) is 5.32 Å². The second kappa shape index (κ2) is 3.28. The Morgan fingerprint density at radius 1 is 1.21 bits per heavy atom. The molecule has 1 aliphatic heterocycles. The summed E-state index contributed by atoms with van der Waals surface area (Å²) in [4.78, 5) is 0. The summed E-state index contributed by atoms with van der Waals surface area (Å²) >= 11 is 0. The van der Waals surface area contributed by atoms with E-state index in [0.29, 0.717) is 18.1 Å².